The fourth-order valence-electron chi connectivity index (χ4n) is 3.80. The van der Waals surface area contributed by atoms with Crippen LogP contribution in [0.1, 0.15) is 39.6 Å². The Morgan fingerprint density at radius 3 is 2.64 bits per heavy atom. The molecule has 0 bridgehead atoms. The third-order valence-electron chi connectivity index (χ3n) is 5.40. The fourth-order valence-corrected chi connectivity index (χ4v) is 3.80. The maximum atomic E-state index is 13.4. The molecule has 8 heteroatoms. The molecule has 1 aromatic carbocycles. The number of rotatable bonds is 3. The monoisotopic (exact) mass is 385 g/mol. The molecule has 4 rings (SSSR count). The predicted molar refractivity (Wildman–Crippen MR) is 103 cm³/mol. The second-order valence-corrected chi connectivity index (χ2v) is 7.40. The summed E-state index contributed by atoms with van der Waals surface area (Å²) < 4.78 is 15.3. The summed E-state index contributed by atoms with van der Waals surface area (Å²) >= 11 is 0. The summed E-state index contributed by atoms with van der Waals surface area (Å²) in [6.07, 6.45) is 2.61. The number of imidazole rings is 1. The Balaban J connectivity index is 1.61. The third-order valence-corrected chi connectivity index (χ3v) is 5.40. The van der Waals surface area contributed by atoms with Crippen molar-refractivity contribution >= 4 is 17.5 Å². The van der Waals surface area contributed by atoms with Gasteiger partial charge in [-0.1, -0.05) is 6.07 Å². The number of anilines is 1. The molecule has 2 aliphatic heterocycles. The minimum atomic E-state index is -0.421. The smallest absolute Gasteiger partial charge is 0.289 e. The molecule has 0 saturated carbocycles. The number of piperazine rings is 1. The van der Waals surface area contributed by atoms with Gasteiger partial charge in [0.1, 0.15) is 5.82 Å². The van der Waals surface area contributed by atoms with Crippen molar-refractivity contribution in [2.24, 2.45) is 0 Å². The van der Waals surface area contributed by atoms with Gasteiger partial charge in [-0.25, -0.2) is 9.37 Å². The fraction of sp³-hybridized carbons (Fsp3) is 0.450. The van der Waals surface area contributed by atoms with Crippen molar-refractivity contribution in [2.75, 3.05) is 38.5 Å². The summed E-state index contributed by atoms with van der Waals surface area (Å²) in [7, 11) is 2.04. The second kappa shape index (κ2) is 7.71. The third kappa shape index (κ3) is 3.64. The Morgan fingerprint density at radius 2 is 1.89 bits per heavy atom. The van der Waals surface area contributed by atoms with Crippen LogP contribution in [0.25, 0.3) is 0 Å². The molecule has 2 aromatic rings. The molecule has 2 aliphatic rings. The Labute approximate surface area is 163 Å². The normalized spacial score (nSPS) is 17.3. The van der Waals surface area contributed by atoms with Crippen LogP contribution in [0, 0.1) is 5.82 Å². The maximum Gasteiger partial charge on any atom is 0.289 e. The van der Waals surface area contributed by atoms with E-state index < -0.39 is 11.7 Å². The van der Waals surface area contributed by atoms with E-state index in [1.165, 1.54) is 18.2 Å². The van der Waals surface area contributed by atoms with Gasteiger partial charge in [-0.3, -0.25) is 9.59 Å². The number of aromatic nitrogens is 2. The van der Waals surface area contributed by atoms with Crippen LogP contribution in [0.3, 0.4) is 0 Å². The lowest BCUT2D eigenvalue weighted by molar-refractivity contribution is 0.0645. The molecule has 0 atom stereocenters. The lowest BCUT2D eigenvalue weighted by Crippen LogP contribution is -2.47. The number of amides is 2. The van der Waals surface area contributed by atoms with Gasteiger partial charge in [0, 0.05) is 38.4 Å². The zero-order chi connectivity index (χ0) is 19.7. The summed E-state index contributed by atoms with van der Waals surface area (Å²) in [6, 6.07) is 5.74. The van der Waals surface area contributed by atoms with E-state index in [2.05, 4.69) is 15.2 Å². The molecule has 3 heterocycles. The number of fused-ring (bicyclic) bond motifs is 1. The van der Waals surface area contributed by atoms with E-state index in [-0.39, 0.29) is 11.6 Å². The van der Waals surface area contributed by atoms with Gasteiger partial charge in [0.15, 0.2) is 11.5 Å². The van der Waals surface area contributed by atoms with Gasteiger partial charge in [0.05, 0.1) is 5.69 Å². The van der Waals surface area contributed by atoms with E-state index in [9.17, 15) is 14.0 Å². The minimum Gasteiger partial charge on any atom is -0.333 e. The van der Waals surface area contributed by atoms with E-state index in [0.29, 0.717) is 37.6 Å². The first-order valence-electron chi connectivity index (χ1n) is 9.67. The first-order valence-corrected chi connectivity index (χ1v) is 9.67. The molecule has 28 heavy (non-hydrogen) atoms. The van der Waals surface area contributed by atoms with Crippen LogP contribution in [0.2, 0.25) is 0 Å². The summed E-state index contributed by atoms with van der Waals surface area (Å²) in [6.45, 7) is 3.65. The highest BCUT2D eigenvalue weighted by Gasteiger charge is 2.30. The topological polar surface area (TPSA) is 70.5 Å². The van der Waals surface area contributed by atoms with Gasteiger partial charge < -0.3 is 19.7 Å². The lowest BCUT2D eigenvalue weighted by Gasteiger charge is -2.32. The maximum absolute atomic E-state index is 13.4. The first kappa shape index (κ1) is 18.6. The number of halogens is 1. The summed E-state index contributed by atoms with van der Waals surface area (Å²) in [5, 5.41) is 2.70. The van der Waals surface area contributed by atoms with Crippen LogP contribution >= 0.6 is 0 Å². The van der Waals surface area contributed by atoms with Crippen LogP contribution in [0.15, 0.2) is 24.3 Å². The zero-order valence-electron chi connectivity index (χ0n) is 15.9. The van der Waals surface area contributed by atoms with Gasteiger partial charge in [-0.2, -0.15) is 0 Å². The van der Waals surface area contributed by atoms with Crippen molar-refractivity contribution in [3.05, 3.63) is 47.3 Å². The van der Waals surface area contributed by atoms with E-state index in [1.54, 1.807) is 11.0 Å². The largest absolute Gasteiger partial charge is 0.333 e. The van der Waals surface area contributed by atoms with Crippen LogP contribution in [0.5, 0.6) is 0 Å². The van der Waals surface area contributed by atoms with Crippen LogP contribution < -0.4 is 5.32 Å². The molecule has 1 N–H and O–H groups in total. The number of likely N-dealkylation sites (N-methyl/N-ethyl adjacent to an activating group) is 1. The average Bonchev–Trinajstić information content (AvgIpc) is 3.08. The molecule has 0 spiro atoms. The van der Waals surface area contributed by atoms with E-state index in [1.807, 2.05) is 11.6 Å². The molecular weight excluding hydrogens is 361 g/mol. The highest BCUT2D eigenvalue weighted by Crippen LogP contribution is 2.23. The van der Waals surface area contributed by atoms with Gasteiger partial charge in [-0.15, -0.1) is 0 Å². The number of nitrogens with zero attached hydrogens (tertiary/aromatic N) is 4. The highest BCUT2D eigenvalue weighted by molar-refractivity contribution is 6.05. The molecule has 148 valence electrons. The quantitative estimate of drug-likeness (QED) is 0.877. The van der Waals surface area contributed by atoms with Crippen molar-refractivity contribution in [1.82, 2.24) is 19.4 Å². The highest BCUT2D eigenvalue weighted by atomic mass is 19.1. The number of hydrogen-bond acceptors (Lipinski definition) is 4. The Bertz CT molecular complexity index is 902. The Morgan fingerprint density at radius 1 is 1.11 bits per heavy atom. The average molecular weight is 385 g/mol. The van der Waals surface area contributed by atoms with Crippen molar-refractivity contribution in [2.45, 2.75) is 25.8 Å². The van der Waals surface area contributed by atoms with Gasteiger partial charge in [0.25, 0.3) is 11.8 Å². The van der Waals surface area contributed by atoms with E-state index in [0.717, 1.165) is 31.6 Å². The summed E-state index contributed by atoms with van der Waals surface area (Å²) in [4.78, 5) is 34.3. The molecule has 0 unspecified atom stereocenters. The Hall–Kier alpha value is -2.74. The summed E-state index contributed by atoms with van der Waals surface area (Å²) in [5.41, 5.74) is 1.42. The number of benzene rings is 1. The lowest BCUT2D eigenvalue weighted by atomic mass is 10.1. The van der Waals surface area contributed by atoms with Crippen LogP contribution in [0.4, 0.5) is 10.1 Å². The minimum absolute atomic E-state index is 0.124. The van der Waals surface area contributed by atoms with Crippen molar-refractivity contribution in [1.29, 1.82) is 0 Å². The molecule has 0 aliphatic carbocycles. The molecule has 1 fully saturated rings. The van der Waals surface area contributed by atoms with Crippen molar-refractivity contribution in [3.63, 3.8) is 0 Å². The number of nitrogens with one attached hydrogen (secondary N) is 1. The number of hydrogen-bond donors (Lipinski definition) is 1. The van der Waals surface area contributed by atoms with Crippen molar-refractivity contribution < 1.29 is 14.0 Å². The number of carbonyl (C=O) groups is 2. The van der Waals surface area contributed by atoms with E-state index >= 15 is 0 Å². The van der Waals surface area contributed by atoms with E-state index in [4.69, 9.17) is 0 Å². The Kier molecular flexibility index (Phi) is 5.13. The predicted octanol–water partition coefficient (Wildman–Crippen LogP) is 2.00. The molecule has 2 amide bonds. The zero-order valence-corrected chi connectivity index (χ0v) is 15.9. The second-order valence-electron chi connectivity index (χ2n) is 7.40. The molecule has 7 nitrogen and oxygen atoms in total. The van der Waals surface area contributed by atoms with Crippen LogP contribution in [-0.2, 0) is 13.0 Å². The van der Waals surface area contributed by atoms with Gasteiger partial charge in [0.2, 0.25) is 0 Å². The molecule has 1 aromatic heterocycles. The first-order chi connectivity index (χ1) is 13.5. The van der Waals surface area contributed by atoms with Gasteiger partial charge in [-0.05, 0) is 44.5 Å². The molecule has 0 radical (unpaired) electrons. The molecule has 1 saturated heterocycles. The van der Waals surface area contributed by atoms with Crippen molar-refractivity contribution in [3.8, 4) is 0 Å². The SMILES string of the molecule is CN1CCN(C(=O)c2nc(C(=O)Nc3cccc(F)c3)c3n2CCCC3)CC1. The standard InChI is InChI=1S/C20H24FN5O2/c1-24-9-11-25(12-10-24)20(28)18-23-17(16-7-2-3-8-26(16)18)19(27)22-15-6-4-5-14(21)13-15/h4-6,13H,2-3,7-12H2,1H3,(H,22,27). The van der Waals surface area contributed by atoms with Crippen LogP contribution in [-0.4, -0.2) is 64.4 Å². The molecular formula is C20H24FN5O2. The summed E-state index contributed by atoms with van der Waals surface area (Å²) in [5.74, 6) is -0.617. The van der Waals surface area contributed by atoms with Gasteiger partial charge >= 0.3 is 0 Å². The number of carbonyl (C=O) groups excluding carboxylic acids is 2.